The van der Waals surface area contributed by atoms with Crippen molar-refractivity contribution >= 4 is 11.7 Å². The van der Waals surface area contributed by atoms with Crippen molar-refractivity contribution in [2.24, 2.45) is 0 Å². The van der Waals surface area contributed by atoms with Gasteiger partial charge in [0.05, 0.1) is 5.57 Å². The molecule has 0 radical (unpaired) electrons. The van der Waals surface area contributed by atoms with Crippen molar-refractivity contribution < 1.29 is 15.0 Å². The molecule has 0 bridgehead atoms. The summed E-state index contributed by atoms with van der Waals surface area (Å²) in [6, 6.07) is 7.43. The van der Waals surface area contributed by atoms with Crippen LogP contribution in [0.5, 0.6) is 0 Å². The molecule has 1 rings (SSSR count). The monoisotopic (exact) mass is 248 g/mol. The fraction of sp³-hybridized carbons (Fsp3) is 0.400. The Kier molecular flexibility index (Phi) is 5.43. The quantitative estimate of drug-likeness (QED) is 0.457. The molecule has 0 fully saturated rings. The first-order valence-electron chi connectivity index (χ1n) is 6.29. The molecule has 0 atom stereocenters. The van der Waals surface area contributed by atoms with Crippen molar-refractivity contribution in [1.29, 1.82) is 0 Å². The minimum absolute atomic E-state index is 0.0158. The number of aliphatic hydroxyl groups excluding tert-OH is 1. The van der Waals surface area contributed by atoms with Gasteiger partial charge in [0.1, 0.15) is 5.76 Å². The van der Waals surface area contributed by atoms with Crippen molar-refractivity contribution in [3.05, 3.63) is 41.0 Å². The zero-order chi connectivity index (χ0) is 13.5. The Labute approximate surface area is 108 Å². The number of hydrogen-bond acceptors (Lipinski definition) is 2. The fourth-order valence-corrected chi connectivity index (χ4v) is 1.84. The van der Waals surface area contributed by atoms with Crippen LogP contribution in [0.3, 0.4) is 0 Å². The lowest BCUT2D eigenvalue weighted by molar-refractivity contribution is -0.132. The van der Waals surface area contributed by atoms with Crippen LogP contribution in [-0.2, 0) is 11.2 Å². The summed E-state index contributed by atoms with van der Waals surface area (Å²) in [5.74, 6) is -1.22. The van der Waals surface area contributed by atoms with E-state index >= 15 is 0 Å². The van der Waals surface area contributed by atoms with Gasteiger partial charge in [0.2, 0.25) is 0 Å². The lowest BCUT2D eigenvalue weighted by atomic mass is 9.98. The summed E-state index contributed by atoms with van der Waals surface area (Å²) in [5, 5.41) is 18.9. The van der Waals surface area contributed by atoms with Crippen LogP contribution in [0, 0.1) is 0 Å². The molecule has 0 saturated heterocycles. The molecule has 1 aromatic rings. The first kappa shape index (κ1) is 14.3. The third kappa shape index (κ3) is 3.62. The Balaban J connectivity index is 3.01. The second kappa shape index (κ2) is 6.84. The third-order valence-electron chi connectivity index (χ3n) is 3.00. The number of carboxylic acids is 1. The van der Waals surface area contributed by atoms with Crippen LogP contribution < -0.4 is 0 Å². The largest absolute Gasteiger partial charge is 0.507 e. The van der Waals surface area contributed by atoms with Crippen LogP contribution in [0.25, 0.3) is 5.76 Å². The van der Waals surface area contributed by atoms with Gasteiger partial charge in [-0.15, -0.1) is 0 Å². The van der Waals surface area contributed by atoms with Gasteiger partial charge in [-0.25, -0.2) is 4.79 Å². The summed E-state index contributed by atoms with van der Waals surface area (Å²) >= 11 is 0. The van der Waals surface area contributed by atoms with Crippen LogP contribution in [0.15, 0.2) is 29.8 Å². The fourth-order valence-electron chi connectivity index (χ4n) is 1.84. The molecule has 0 aliphatic heterocycles. The summed E-state index contributed by atoms with van der Waals surface area (Å²) in [4.78, 5) is 10.9. The Bertz CT molecular complexity index is 447. The maximum absolute atomic E-state index is 10.9. The molecule has 18 heavy (non-hydrogen) atoms. The average Bonchev–Trinajstić information content (AvgIpc) is 2.38. The summed E-state index contributed by atoms with van der Waals surface area (Å²) in [7, 11) is 0. The lowest BCUT2D eigenvalue weighted by Crippen LogP contribution is -2.02. The first-order chi connectivity index (χ1) is 8.57. The van der Waals surface area contributed by atoms with Crippen molar-refractivity contribution in [3.63, 3.8) is 0 Å². The number of rotatable bonds is 6. The second-order valence-electron chi connectivity index (χ2n) is 4.39. The van der Waals surface area contributed by atoms with Gasteiger partial charge >= 0.3 is 5.97 Å². The van der Waals surface area contributed by atoms with E-state index in [0.29, 0.717) is 5.56 Å². The Morgan fingerprint density at radius 3 is 2.44 bits per heavy atom. The second-order valence-corrected chi connectivity index (χ2v) is 4.39. The summed E-state index contributed by atoms with van der Waals surface area (Å²) in [6.45, 7) is 3.55. The van der Waals surface area contributed by atoms with E-state index in [0.717, 1.165) is 31.2 Å². The van der Waals surface area contributed by atoms with E-state index in [-0.39, 0.29) is 11.3 Å². The van der Waals surface area contributed by atoms with Gasteiger partial charge in [-0.3, -0.25) is 0 Å². The highest BCUT2D eigenvalue weighted by molar-refractivity contribution is 5.94. The Hall–Kier alpha value is -1.77. The Morgan fingerprint density at radius 1 is 1.17 bits per heavy atom. The molecule has 0 unspecified atom stereocenters. The number of aryl methyl sites for hydroxylation is 1. The predicted molar refractivity (Wildman–Crippen MR) is 72.5 cm³/mol. The molecule has 0 aliphatic rings. The maximum atomic E-state index is 10.9. The summed E-state index contributed by atoms with van der Waals surface area (Å²) in [5.41, 5.74) is 1.62. The Morgan fingerprint density at radius 2 is 1.83 bits per heavy atom. The zero-order valence-electron chi connectivity index (χ0n) is 10.9. The lowest BCUT2D eigenvalue weighted by Gasteiger charge is -2.10. The molecule has 2 N–H and O–H groups in total. The maximum Gasteiger partial charge on any atom is 0.335 e. The van der Waals surface area contributed by atoms with Gasteiger partial charge in [-0.2, -0.15) is 0 Å². The zero-order valence-corrected chi connectivity index (χ0v) is 10.9. The number of aliphatic hydroxyl groups is 1. The number of carbonyl (C=O) groups is 1. The number of hydrogen-bond donors (Lipinski definition) is 2. The molecule has 0 aliphatic carbocycles. The highest BCUT2D eigenvalue weighted by Crippen LogP contribution is 2.22. The molecule has 0 amide bonds. The van der Waals surface area contributed by atoms with Gasteiger partial charge in [-0.1, -0.05) is 44.0 Å². The van der Waals surface area contributed by atoms with Gasteiger partial charge < -0.3 is 10.2 Å². The number of benzene rings is 1. The van der Waals surface area contributed by atoms with E-state index in [2.05, 4.69) is 6.92 Å². The van der Waals surface area contributed by atoms with Gasteiger partial charge in [0.25, 0.3) is 0 Å². The molecule has 98 valence electrons. The standard InChI is InChI=1S/C15H20O3/c1-3-4-5-8-12-9-6-7-10-13(12)14(16)11(2)15(17)18/h6-7,9-10,16H,3-5,8H2,1-2H3,(H,17,18). The molecule has 0 aromatic heterocycles. The SMILES string of the molecule is CCCCCc1ccccc1C(O)=C(C)C(=O)O. The molecule has 0 heterocycles. The number of carboxylic acid groups (broad SMARTS) is 1. The van der Waals surface area contributed by atoms with Gasteiger partial charge in [0.15, 0.2) is 0 Å². The summed E-state index contributed by atoms with van der Waals surface area (Å²) in [6.07, 6.45) is 4.18. The normalized spacial score (nSPS) is 12.1. The predicted octanol–water partition coefficient (Wildman–Crippen LogP) is 3.79. The van der Waals surface area contributed by atoms with Crippen LogP contribution in [0.2, 0.25) is 0 Å². The van der Waals surface area contributed by atoms with E-state index in [1.807, 2.05) is 18.2 Å². The minimum Gasteiger partial charge on any atom is -0.507 e. The van der Waals surface area contributed by atoms with E-state index in [1.165, 1.54) is 6.92 Å². The molecular formula is C15H20O3. The van der Waals surface area contributed by atoms with Gasteiger partial charge in [-0.05, 0) is 25.3 Å². The smallest absolute Gasteiger partial charge is 0.335 e. The van der Waals surface area contributed by atoms with E-state index in [9.17, 15) is 9.90 Å². The highest BCUT2D eigenvalue weighted by atomic mass is 16.4. The van der Waals surface area contributed by atoms with Crippen LogP contribution in [0.1, 0.15) is 44.2 Å². The van der Waals surface area contributed by atoms with Crippen molar-refractivity contribution in [3.8, 4) is 0 Å². The number of aliphatic carboxylic acids is 1. The molecule has 1 aromatic carbocycles. The minimum atomic E-state index is -1.09. The highest BCUT2D eigenvalue weighted by Gasteiger charge is 2.13. The van der Waals surface area contributed by atoms with Crippen LogP contribution >= 0.6 is 0 Å². The third-order valence-corrected chi connectivity index (χ3v) is 3.00. The molecule has 3 nitrogen and oxygen atoms in total. The van der Waals surface area contributed by atoms with Crippen molar-refractivity contribution in [2.75, 3.05) is 0 Å². The molecular weight excluding hydrogens is 228 g/mol. The first-order valence-corrected chi connectivity index (χ1v) is 6.29. The van der Waals surface area contributed by atoms with Crippen LogP contribution in [0.4, 0.5) is 0 Å². The van der Waals surface area contributed by atoms with Crippen LogP contribution in [-0.4, -0.2) is 16.2 Å². The van der Waals surface area contributed by atoms with E-state index in [1.54, 1.807) is 6.07 Å². The number of unbranched alkanes of at least 4 members (excludes halogenated alkanes) is 2. The van der Waals surface area contributed by atoms with Crippen molar-refractivity contribution in [1.82, 2.24) is 0 Å². The van der Waals surface area contributed by atoms with Crippen molar-refractivity contribution in [2.45, 2.75) is 39.5 Å². The van der Waals surface area contributed by atoms with Gasteiger partial charge in [0, 0.05) is 5.56 Å². The topological polar surface area (TPSA) is 57.5 Å². The molecule has 0 saturated carbocycles. The molecule has 3 heteroatoms. The summed E-state index contributed by atoms with van der Waals surface area (Å²) < 4.78 is 0. The average molecular weight is 248 g/mol. The van der Waals surface area contributed by atoms with E-state index in [4.69, 9.17) is 5.11 Å². The van der Waals surface area contributed by atoms with E-state index < -0.39 is 5.97 Å². The molecule has 0 spiro atoms.